The lowest BCUT2D eigenvalue weighted by atomic mass is 9.86. The third kappa shape index (κ3) is 2.26. The second-order valence-corrected chi connectivity index (χ2v) is 4.59. The van der Waals surface area contributed by atoms with Gasteiger partial charge in [-0.1, -0.05) is 17.7 Å². The van der Waals surface area contributed by atoms with E-state index in [1.54, 1.807) is 12.1 Å². The third-order valence-corrected chi connectivity index (χ3v) is 3.40. The largest absolute Gasteiger partial charge is 0.481 e. The minimum absolute atomic E-state index is 0.0402. The molecule has 0 fully saturated rings. The molecule has 1 aliphatic rings. The summed E-state index contributed by atoms with van der Waals surface area (Å²) in [5.41, 5.74) is 2.31. The van der Waals surface area contributed by atoms with Crippen LogP contribution in [0.2, 0.25) is 5.02 Å². The van der Waals surface area contributed by atoms with Gasteiger partial charge in [-0.25, -0.2) is 0 Å². The zero-order valence-electron chi connectivity index (χ0n) is 9.29. The minimum Gasteiger partial charge on any atom is -0.481 e. The van der Waals surface area contributed by atoms with Crippen molar-refractivity contribution in [2.24, 2.45) is 0 Å². The van der Waals surface area contributed by atoms with E-state index in [9.17, 15) is 9.59 Å². The predicted octanol–water partition coefficient (Wildman–Crippen LogP) is 2.55. The van der Waals surface area contributed by atoms with Crippen LogP contribution in [0.3, 0.4) is 0 Å². The molecule has 5 heteroatoms. The van der Waals surface area contributed by atoms with Crippen molar-refractivity contribution >= 4 is 29.2 Å². The number of halogens is 1. The molecule has 0 aromatic heterocycles. The summed E-state index contributed by atoms with van der Waals surface area (Å²) in [6, 6.07) is 3.53. The van der Waals surface area contributed by atoms with Gasteiger partial charge in [0.1, 0.15) is 0 Å². The van der Waals surface area contributed by atoms with Crippen LogP contribution in [-0.4, -0.2) is 17.0 Å². The molecule has 0 radical (unpaired) electrons. The Morgan fingerprint density at radius 1 is 1.59 bits per heavy atom. The maximum Gasteiger partial charge on any atom is 0.303 e. The van der Waals surface area contributed by atoms with Gasteiger partial charge >= 0.3 is 5.97 Å². The number of aliphatic carboxylic acids is 1. The Hall–Kier alpha value is -1.55. The molecular formula is C12H12ClNO3. The maximum atomic E-state index is 11.5. The number of rotatable bonds is 2. The summed E-state index contributed by atoms with van der Waals surface area (Å²) in [5, 5.41) is 12.2. The van der Waals surface area contributed by atoms with Gasteiger partial charge < -0.3 is 10.4 Å². The van der Waals surface area contributed by atoms with Gasteiger partial charge in [-0.3, -0.25) is 9.59 Å². The lowest BCUT2D eigenvalue weighted by Crippen LogP contribution is -2.25. The van der Waals surface area contributed by atoms with Gasteiger partial charge in [0, 0.05) is 23.0 Å². The van der Waals surface area contributed by atoms with Crippen LogP contribution < -0.4 is 5.32 Å². The first kappa shape index (κ1) is 11.9. The summed E-state index contributed by atoms with van der Waals surface area (Å²) >= 11 is 5.98. The van der Waals surface area contributed by atoms with Crippen LogP contribution in [0.25, 0.3) is 0 Å². The molecule has 0 aliphatic carbocycles. The standard InChI is InChI=1S/C12H12ClNO3/c1-6-9(13)3-2-8-7(5-11(16)17)4-10(15)14-12(6)8/h2-3,7H,4-5H2,1H3,(H,14,15)(H,16,17). The molecule has 1 amide bonds. The zero-order chi connectivity index (χ0) is 12.6. The lowest BCUT2D eigenvalue weighted by molar-refractivity contribution is -0.137. The van der Waals surface area contributed by atoms with Gasteiger partial charge in [-0.2, -0.15) is 0 Å². The average molecular weight is 254 g/mol. The molecule has 1 aromatic rings. The van der Waals surface area contributed by atoms with Crippen LogP contribution >= 0.6 is 11.6 Å². The van der Waals surface area contributed by atoms with E-state index in [0.717, 1.165) is 11.1 Å². The first-order chi connectivity index (χ1) is 7.99. The number of fused-ring (bicyclic) bond motifs is 1. The topological polar surface area (TPSA) is 66.4 Å². The monoisotopic (exact) mass is 253 g/mol. The predicted molar refractivity (Wildman–Crippen MR) is 64.4 cm³/mol. The Morgan fingerprint density at radius 2 is 2.29 bits per heavy atom. The highest BCUT2D eigenvalue weighted by Crippen LogP contribution is 2.38. The number of anilines is 1. The number of hydrogen-bond donors (Lipinski definition) is 2. The van der Waals surface area contributed by atoms with Crippen molar-refractivity contribution in [3.63, 3.8) is 0 Å². The molecule has 4 nitrogen and oxygen atoms in total. The first-order valence-corrected chi connectivity index (χ1v) is 5.67. The molecule has 2 rings (SSSR count). The molecule has 1 unspecified atom stereocenters. The van der Waals surface area contributed by atoms with Gasteiger partial charge in [0.25, 0.3) is 0 Å². The SMILES string of the molecule is Cc1c(Cl)ccc2c1NC(=O)CC2CC(=O)O. The Labute approximate surface area is 104 Å². The molecule has 90 valence electrons. The number of amides is 1. The third-order valence-electron chi connectivity index (χ3n) is 2.99. The fourth-order valence-electron chi connectivity index (χ4n) is 2.13. The van der Waals surface area contributed by atoms with Crippen LogP contribution in [0.15, 0.2) is 12.1 Å². The van der Waals surface area contributed by atoms with E-state index in [2.05, 4.69) is 5.32 Å². The van der Waals surface area contributed by atoms with Crippen molar-refractivity contribution in [2.75, 3.05) is 5.32 Å². The van der Waals surface area contributed by atoms with Crippen molar-refractivity contribution in [3.05, 3.63) is 28.3 Å². The zero-order valence-corrected chi connectivity index (χ0v) is 10.0. The van der Waals surface area contributed by atoms with Gasteiger partial charge in [-0.15, -0.1) is 0 Å². The summed E-state index contributed by atoms with van der Waals surface area (Å²) in [7, 11) is 0. The van der Waals surface area contributed by atoms with Crippen LogP contribution in [0, 0.1) is 6.92 Å². The number of hydrogen-bond acceptors (Lipinski definition) is 2. The molecule has 17 heavy (non-hydrogen) atoms. The Morgan fingerprint density at radius 3 is 2.94 bits per heavy atom. The number of nitrogens with one attached hydrogen (secondary N) is 1. The molecule has 1 atom stereocenters. The minimum atomic E-state index is -0.900. The van der Waals surface area contributed by atoms with Gasteiger partial charge in [0.05, 0.1) is 6.42 Å². The number of carbonyl (C=O) groups excluding carboxylic acids is 1. The molecule has 1 heterocycles. The van der Waals surface area contributed by atoms with Gasteiger partial charge in [0.15, 0.2) is 0 Å². The number of carbonyl (C=O) groups is 2. The van der Waals surface area contributed by atoms with E-state index in [-0.39, 0.29) is 24.7 Å². The van der Waals surface area contributed by atoms with Crippen LogP contribution in [0.4, 0.5) is 5.69 Å². The number of carboxylic acids is 1. The first-order valence-electron chi connectivity index (χ1n) is 5.29. The summed E-state index contributed by atoms with van der Waals surface area (Å²) in [6.45, 7) is 1.81. The second-order valence-electron chi connectivity index (χ2n) is 4.18. The maximum absolute atomic E-state index is 11.5. The van der Waals surface area contributed by atoms with Crippen molar-refractivity contribution in [3.8, 4) is 0 Å². The van der Waals surface area contributed by atoms with Crippen molar-refractivity contribution in [1.29, 1.82) is 0 Å². The molecule has 1 aromatic carbocycles. The molecule has 0 spiro atoms. The fraction of sp³-hybridized carbons (Fsp3) is 0.333. The fourth-order valence-corrected chi connectivity index (χ4v) is 2.29. The number of benzene rings is 1. The summed E-state index contributed by atoms with van der Waals surface area (Å²) in [6.07, 6.45) is 0.169. The Kier molecular flexibility index (Phi) is 3.07. The smallest absolute Gasteiger partial charge is 0.303 e. The van der Waals surface area contributed by atoms with E-state index in [0.29, 0.717) is 10.7 Å². The molecule has 2 N–H and O–H groups in total. The highest BCUT2D eigenvalue weighted by Gasteiger charge is 2.28. The Bertz CT molecular complexity index is 499. The van der Waals surface area contributed by atoms with Crippen LogP contribution in [0.1, 0.15) is 29.9 Å². The van der Waals surface area contributed by atoms with Gasteiger partial charge in [-0.05, 0) is 24.1 Å². The molecule has 0 saturated heterocycles. The summed E-state index contributed by atoms with van der Waals surface area (Å²) < 4.78 is 0. The Balaban J connectivity index is 2.47. The van der Waals surface area contributed by atoms with E-state index >= 15 is 0 Å². The normalized spacial score (nSPS) is 18.5. The molecular weight excluding hydrogens is 242 g/mol. The molecule has 0 bridgehead atoms. The van der Waals surface area contributed by atoms with Crippen LogP contribution in [0.5, 0.6) is 0 Å². The van der Waals surface area contributed by atoms with Gasteiger partial charge in [0.2, 0.25) is 5.91 Å². The second kappa shape index (κ2) is 4.37. The van der Waals surface area contributed by atoms with Crippen LogP contribution in [-0.2, 0) is 9.59 Å². The molecule has 1 aliphatic heterocycles. The highest BCUT2D eigenvalue weighted by molar-refractivity contribution is 6.32. The van der Waals surface area contributed by atoms with Crippen molar-refractivity contribution in [1.82, 2.24) is 0 Å². The lowest BCUT2D eigenvalue weighted by Gasteiger charge is -2.26. The quantitative estimate of drug-likeness (QED) is 0.851. The number of carboxylic acid groups (broad SMARTS) is 1. The van der Waals surface area contributed by atoms with E-state index in [4.69, 9.17) is 16.7 Å². The highest BCUT2D eigenvalue weighted by atomic mass is 35.5. The van der Waals surface area contributed by atoms with E-state index < -0.39 is 5.97 Å². The average Bonchev–Trinajstić information content (AvgIpc) is 2.23. The van der Waals surface area contributed by atoms with E-state index in [1.165, 1.54) is 0 Å². The molecule has 0 saturated carbocycles. The van der Waals surface area contributed by atoms with Crippen molar-refractivity contribution in [2.45, 2.75) is 25.7 Å². The van der Waals surface area contributed by atoms with Crippen molar-refractivity contribution < 1.29 is 14.7 Å². The van der Waals surface area contributed by atoms with E-state index in [1.807, 2.05) is 6.92 Å². The summed E-state index contributed by atoms with van der Waals surface area (Å²) in [4.78, 5) is 22.3. The summed E-state index contributed by atoms with van der Waals surface area (Å²) in [5.74, 6) is -1.33.